The van der Waals surface area contributed by atoms with Crippen molar-refractivity contribution in [1.82, 2.24) is 9.88 Å². The first-order valence-electron chi connectivity index (χ1n) is 13.4. The van der Waals surface area contributed by atoms with E-state index in [9.17, 15) is 14.0 Å². The number of urea groups is 1. The molecule has 2 aliphatic carbocycles. The summed E-state index contributed by atoms with van der Waals surface area (Å²) in [5, 5.41) is 0.584. The van der Waals surface area contributed by atoms with Crippen LogP contribution >= 0.6 is 0 Å². The van der Waals surface area contributed by atoms with Crippen molar-refractivity contribution in [3.63, 3.8) is 0 Å². The summed E-state index contributed by atoms with van der Waals surface area (Å²) in [4.78, 5) is 30.6. The van der Waals surface area contributed by atoms with Gasteiger partial charge >= 0.3 is 6.03 Å². The largest absolute Gasteiger partial charge is 0.493 e. The number of amides is 3. The maximum Gasteiger partial charge on any atom is 0.326 e. The minimum atomic E-state index is -1.01. The van der Waals surface area contributed by atoms with Crippen molar-refractivity contribution < 1.29 is 32.9 Å². The second kappa shape index (κ2) is 12.8. The number of hydrogen-bond acceptors (Lipinski definition) is 8. The zero-order valence-electron chi connectivity index (χ0n) is 23.3. The van der Waals surface area contributed by atoms with Gasteiger partial charge in [-0.15, -0.1) is 0 Å². The number of anilines is 1. The van der Waals surface area contributed by atoms with Gasteiger partial charge in [0.1, 0.15) is 12.4 Å². The molecular weight excluding hydrogens is 543 g/mol. The number of nitrogens with two attached hydrogens (primary N) is 1. The summed E-state index contributed by atoms with van der Waals surface area (Å²) in [7, 11) is 1.53. The highest BCUT2D eigenvalue weighted by atomic mass is 19.1. The van der Waals surface area contributed by atoms with Gasteiger partial charge in [0.05, 0.1) is 31.5 Å². The summed E-state index contributed by atoms with van der Waals surface area (Å²) >= 11 is 0. The molecule has 2 aromatic carbocycles. The summed E-state index contributed by atoms with van der Waals surface area (Å²) in [6.07, 6.45) is 1.54. The van der Waals surface area contributed by atoms with Crippen molar-refractivity contribution in [1.29, 1.82) is 0 Å². The first-order valence-corrected chi connectivity index (χ1v) is 13.4. The van der Waals surface area contributed by atoms with Gasteiger partial charge in [-0.2, -0.15) is 0 Å². The molecule has 0 atom stereocenters. The van der Waals surface area contributed by atoms with Crippen molar-refractivity contribution in [3.05, 3.63) is 72.7 Å². The molecule has 1 aliphatic heterocycles. The van der Waals surface area contributed by atoms with E-state index >= 15 is 0 Å². The van der Waals surface area contributed by atoms with Gasteiger partial charge in [-0.05, 0) is 41.5 Å². The predicted molar refractivity (Wildman–Crippen MR) is 156 cm³/mol. The number of hydrogen-bond donors (Lipinski definition) is 1. The lowest BCUT2D eigenvalue weighted by Crippen LogP contribution is -2.39. The predicted octanol–water partition coefficient (Wildman–Crippen LogP) is 4.98. The molecule has 2 N–H and O–H groups in total. The van der Waals surface area contributed by atoms with Crippen LogP contribution in [0.4, 0.5) is 14.9 Å². The number of nitrogens with zero attached hydrogens (tertiary/aromatic N) is 3. The topological polar surface area (TPSA) is 116 Å². The molecule has 3 amide bonds. The second-order valence-electron chi connectivity index (χ2n) is 9.62. The molecule has 218 valence electrons. The molecule has 11 heteroatoms. The van der Waals surface area contributed by atoms with Gasteiger partial charge in [0.2, 0.25) is 5.91 Å². The number of rotatable bonds is 8. The maximum absolute atomic E-state index is 14.8. The van der Waals surface area contributed by atoms with E-state index in [-0.39, 0.29) is 11.4 Å². The molecule has 42 heavy (non-hydrogen) atoms. The summed E-state index contributed by atoms with van der Waals surface area (Å²) in [6, 6.07) is 16.2. The van der Waals surface area contributed by atoms with E-state index in [0.717, 1.165) is 45.8 Å². The lowest BCUT2D eigenvalue weighted by Gasteiger charge is -2.26. The van der Waals surface area contributed by atoms with E-state index in [0.29, 0.717) is 39.7 Å². The van der Waals surface area contributed by atoms with Crippen LogP contribution in [0.1, 0.15) is 6.92 Å². The molecule has 3 aliphatic rings. The van der Waals surface area contributed by atoms with Gasteiger partial charge in [0.25, 0.3) is 0 Å². The normalized spacial score (nSPS) is 13.5. The summed E-state index contributed by atoms with van der Waals surface area (Å²) in [6.45, 7) is 5.56. The van der Waals surface area contributed by atoms with E-state index in [1.165, 1.54) is 30.4 Å². The molecule has 1 saturated heterocycles. The lowest BCUT2D eigenvalue weighted by molar-refractivity contribution is -0.115. The Bertz CT molecular complexity index is 1580. The van der Waals surface area contributed by atoms with Crippen LogP contribution in [0.15, 0.2) is 66.9 Å². The Hall–Kier alpha value is -4.74. The highest BCUT2D eigenvalue weighted by Crippen LogP contribution is 2.38. The number of pyridine rings is 1. The number of carbonyl (C=O) groups excluding carboxylic acids is 2. The van der Waals surface area contributed by atoms with E-state index in [1.54, 1.807) is 24.4 Å². The Morgan fingerprint density at radius 2 is 1.76 bits per heavy atom. The third-order valence-electron chi connectivity index (χ3n) is 6.80. The standard InChI is InChI=1S/C25H27FN4O6.C6H4/c1-16(31)30(25(27)32)17-3-4-22(19(26)13-17)36-21-5-6-28-20-15-24(23(33-2)14-18(20)21)35-12-9-29-7-10-34-11-8-29;1-2-5-4-6(5)3-1/h3-6,13-15H,7-12H2,1-2H3,(H2,27,32);1-4H. The highest BCUT2D eigenvalue weighted by Gasteiger charge is 2.20. The molecule has 0 unspecified atom stereocenters. The van der Waals surface area contributed by atoms with Gasteiger partial charge in [-0.1, -0.05) is 18.2 Å². The van der Waals surface area contributed by atoms with E-state index in [1.807, 2.05) is 0 Å². The van der Waals surface area contributed by atoms with Crippen molar-refractivity contribution in [3.8, 4) is 34.1 Å². The highest BCUT2D eigenvalue weighted by molar-refractivity contribution is 6.12. The van der Waals surface area contributed by atoms with Gasteiger partial charge in [0.15, 0.2) is 23.1 Å². The Morgan fingerprint density at radius 1 is 1.00 bits per heavy atom. The quantitative estimate of drug-likeness (QED) is 0.276. The van der Waals surface area contributed by atoms with Crippen molar-refractivity contribution in [2.45, 2.75) is 6.92 Å². The van der Waals surface area contributed by atoms with Crippen molar-refractivity contribution in [2.75, 3.05) is 51.5 Å². The Kier molecular flexibility index (Phi) is 8.80. The van der Waals surface area contributed by atoms with Crippen LogP contribution in [0.25, 0.3) is 22.0 Å². The summed E-state index contributed by atoms with van der Waals surface area (Å²) in [5.74, 6) is -0.163. The van der Waals surface area contributed by atoms with Crippen LogP contribution in [0, 0.1) is 5.82 Å². The molecule has 0 bridgehead atoms. The number of halogens is 1. The summed E-state index contributed by atoms with van der Waals surface area (Å²) in [5.41, 5.74) is 8.65. The molecule has 3 aromatic rings. The lowest BCUT2D eigenvalue weighted by atomic mass is 10.1. The van der Waals surface area contributed by atoms with E-state index in [2.05, 4.69) is 34.1 Å². The Balaban J connectivity index is 0.000000513. The number of methoxy groups -OCH3 is 1. The Labute approximate surface area is 242 Å². The monoisotopic (exact) mass is 574 g/mol. The molecule has 10 nitrogen and oxygen atoms in total. The Morgan fingerprint density at radius 3 is 2.36 bits per heavy atom. The average Bonchev–Trinajstić information content (AvgIpc) is 3.58. The first kappa shape index (κ1) is 28.8. The number of fused-ring (bicyclic) bond motifs is 2. The van der Waals surface area contributed by atoms with Gasteiger partial charge in [-0.25, -0.2) is 14.1 Å². The van der Waals surface area contributed by atoms with E-state index in [4.69, 9.17) is 24.7 Å². The van der Waals surface area contributed by atoms with Crippen molar-refractivity contribution in [2.24, 2.45) is 5.73 Å². The SMILES string of the molecule is COc1cc2c(Oc3ccc(N(C(C)=O)C(N)=O)cc3F)ccnc2cc1OCCN1CCOCC1.c1cc2cc-2c1. The first-order chi connectivity index (χ1) is 20.3. The van der Waals surface area contributed by atoms with Crippen LogP contribution in [-0.2, 0) is 9.53 Å². The maximum atomic E-state index is 14.8. The van der Waals surface area contributed by atoms with Crippen LogP contribution in [0.5, 0.6) is 23.0 Å². The van der Waals surface area contributed by atoms with Gasteiger partial charge in [-0.3, -0.25) is 14.7 Å². The number of ether oxygens (including phenoxy) is 4. The number of morpholine rings is 1. The summed E-state index contributed by atoms with van der Waals surface area (Å²) < 4.78 is 37.5. The number of aromatic nitrogens is 1. The molecule has 1 aromatic heterocycles. The number of imide groups is 1. The van der Waals surface area contributed by atoms with Gasteiger partial charge in [0, 0.05) is 50.3 Å². The smallest absolute Gasteiger partial charge is 0.326 e. The fourth-order valence-electron chi connectivity index (χ4n) is 4.57. The zero-order valence-corrected chi connectivity index (χ0v) is 23.3. The second-order valence-corrected chi connectivity index (χ2v) is 9.62. The molecule has 0 saturated carbocycles. The molecule has 6 rings (SSSR count). The zero-order chi connectivity index (χ0) is 29.6. The third-order valence-corrected chi connectivity index (χ3v) is 6.80. The number of benzene rings is 3. The third kappa shape index (κ3) is 6.76. The minimum absolute atomic E-state index is 0.0000228. The molecule has 0 spiro atoms. The average molecular weight is 575 g/mol. The van der Waals surface area contributed by atoms with Crippen LogP contribution in [0.3, 0.4) is 0 Å². The minimum Gasteiger partial charge on any atom is -0.493 e. The van der Waals surface area contributed by atoms with Crippen molar-refractivity contribution >= 4 is 28.5 Å². The van der Waals surface area contributed by atoms with Crippen LogP contribution < -0.4 is 24.8 Å². The van der Waals surface area contributed by atoms with E-state index < -0.39 is 17.8 Å². The number of primary amides is 1. The van der Waals surface area contributed by atoms with Crippen LogP contribution in [-0.4, -0.2) is 68.4 Å². The molecule has 0 radical (unpaired) electrons. The molecule has 1 fully saturated rings. The fraction of sp³-hybridized carbons (Fsp3) is 0.258. The van der Waals surface area contributed by atoms with Crippen LogP contribution in [0.2, 0.25) is 0 Å². The molecular formula is C31H31FN4O6. The molecule has 2 heterocycles. The fourth-order valence-corrected chi connectivity index (χ4v) is 4.57. The van der Waals surface area contributed by atoms with Gasteiger partial charge < -0.3 is 24.7 Å². The number of carbonyl (C=O) groups is 2.